The van der Waals surface area contributed by atoms with Crippen LogP contribution in [0.15, 0.2) is 24.4 Å². The molecule has 0 spiro atoms. The summed E-state index contributed by atoms with van der Waals surface area (Å²) in [5, 5.41) is 7.89. The van der Waals surface area contributed by atoms with Crippen LogP contribution in [0.3, 0.4) is 0 Å². The summed E-state index contributed by atoms with van der Waals surface area (Å²) in [5.74, 6) is -1.67. The number of rotatable bonds is 4. The lowest BCUT2D eigenvalue weighted by Crippen LogP contribution is -2.38. The highest BCUT2D eigenvalue weighted by molar-refractivity contribution is 6.31. The van der Waals surface area contributed by atoms with E-state index in [4.69, 9.17) is 11.6 Å². The Kier molecular flexibility index (Phi) is 5.41. The van der Waals surface area contributed by atoms with Crippen LogP contribution in [0.4, 0.5) is 8.78 Å². The van der Waals surface area contributed by atoms with Crippen molar-refractivity contribution >= 4 is 23.4 Å². The molecule has 7 nitrogen and oxygen atoms in total. The molecule has 3 rings (SSSR count). The van der Waals surface area contributed by atoms with E-state index in [0.29, 0.717) is 0 Å². The van der Waals surface area contributed by atoms with Gasteiger partial charge in [0.2, 0.25) is 0 Å². The van der Waals surface area contributed by atoms with Gasteiger partial charge in [-0.15, -0.1) is 5.10 Å². The second-order valence-corrected chi connectivity index (χ2v) is 7.03. The van der Waals surface area contributed by atoms with E-state index in [2.05, 4.69) is 10.3 Å². The molecule has 0 saturated carbocycles. The Bertz CT molecular complexity index is 873. The molecule has 144 valence electrons. The van der Waals surface area contributed by atoms with Gasteiger partial charge in [-0.2, -0.15) is 0 Å². The molecule has 0 unspecified atom stereocenters. The van der Waals surface area contributed by atoms with Crippen molar-refractivity contribution in [1.82, 2.24) is 24.8 Å². The van der Waals surface area contributed by atoms with Crippen LogP contribution >= 0.6 is 11.6 Å². The predicted octanol–water partition coefficient (Wildman–Crippen LogP) is 2.03. The second kappa shape index (κ2) is 7.59. The van der Waals surface area contributed by atoms with Crippen LogP contribution in [0.1, 0.15) is 27.3 Å². The molecule has 2 aromatic rings. The third-order valence-electron chi connectivity index (χ3n) is 4.34. The van der Waals surface area contributed by atoms with Gasteiger partial charge in [-0.3, -0.25) is 9.59 Å². The quantitative estimate of drug-likeness (QED) is 0.791. The van der Waals surface area contributed by atoms with E-state index in [0.717, 1.165) is 6.07 Å². The highest BCUT2D eigenvalue weighted by Crippen LogP contribution is 2.26. The van der Waals surface area contributed by atoms with Crippen LogP contribution < -0.4 is 0 Å². The number of halogens is 3. The molecule has 0 radical (unpaired) electrons. The Morgan fingerprint density at radius 3 is 2.81 bits per heavy atom. The zero-order valence-corrected chi connectivity index (χ0v) is 15.5. The Hall–Kier alpha value is -2.55. The third-order valence-corrected chi connectivity index (χ3v) is 4.58. The maximum atomic E-state index is 14.0. The molecule has 1 aliphatic rings. The van der Waals surface area contributed by atoms with Crippen LogP contribution in [0.25, 0.3) is 0 Å². The highest BCUT2D eigenvalue weighted by atomic mass is 35.5. The first-order chi connectivity index (χ1) is 12.8. The van der Waals surface area contributed by atoms with Gasteiger partial charge in [0.25, 0.3) is 11.8 Å². The average molecular weight is 398 g/mol. The molecular formula is C17H18ClF2N5O2. The molecule has 1 aliphatic heterocycles. The monoisotopic (exact) mass is 397 g/mol. The van der Waals surface area contributed by atoms with Gasteiger partial charge in [0, 0.05) is 25.5 Å². The fraction of sp³-hybridized carbons (Fsp3) is 0.412. The molecule has 2 heterocycles. The fourth-order valence-corrected chi connectivity index (χ4v) is 3.20. The van der Waals surface area contributed by atoms with Gasteiger partial charge in [-0.25, -0.2) is 13.5 Å². The summed E-state index contributed by atoms with van der Waals surface area (Å²) in [6.45, 7) is -0.00428. The molecule has 0 aliphatic carbocycles. The molecule has 0 bridgehead atoms. The van der Waals surface area contributed by atoms with Crippen LogP contribution in [0, 0.1) is 5.82 Å². The summed E-state index contributed by atoms with van der Waals surface area (Å²) in [6, 6.07) is 3.12. The SMILES string of the molecule is CN(C)C(=O)c1cn(C[C@@H]2C[C@H](F)CN2C(=O)c2cc(Cl)ccc2F)nn1. The highest BCUT2D eigenvalue weighted by Gasteiger charge is 2.37. The number of aromatic nitrogens is 3. The van der Waals surface area contributed by atoms with Gasteiger partial charge in [0.15, 0.2) is 5.69 Å². The summed E-state index contributed by atoms with van der Waals surface area (Å²) < 4.78 is 29.4. The molecule has 2 atom stereocenters. The molecule has 10 heteroatoms. The number of benzene rings is 1. The Labute approximate surface area is 159 Å². The topological polar surface area (TPSA) is 71.3 Å². The Morgan fingerprint density at radius 1 is 1.37 bits per heavy atom. The molecule has 1 saturated heterocycles. The molecule has 1 fully saturated rings. The number of carbonyl (C=O) groups is 2. The van der Waals surface area contributed by atoms with Crippen molar-refractivity contribution in [2.75, 3.05) is 20.6 Å². The molecule has 2 amide bonds. The number of carbonyl (C=O) groups excluding carboxylic acids is 2. The first-order valence-corrected chi connectivity index (χ1v) is 8.66. The van der Waals surface area contributed by atoms with Gasteiger partial charge in [0.05, 0.1) is 30.9 Å². The number of nitrogens with zero attached hydrogens (tertiary/aromatic N) is 5. The maximum Gasteiger partial charge on any atom is 0.275 e. The fourth-order valence-electron chi connectivity index (χ4n) is 3.03. The standard InChI is InChI=1S/C17H18ClF2N5O2/c1-23(2)17(27)15-9-24(22-21-15)8-12-6-11(19)7-25(12)16(26)13-5-10(18)3-4-14(13)20/h3-5,9,11-12H,6-8H2,1-2H3/t11-,12-/m0/s1. The molecule has 0 N–H and O–H groups in total. The van der Waals surface area contributed by atoms with Crippen molar-refractivity contribution in [3.8, 4) is 0 Å². The number of amides is 2. The van der Waals surface area contributed by atoms with E-state index in [1.165, 1.54) is 32.8 Å². The zero-order chi connectivity index (χ0) is 19.7. The Balaban J connectivity index is 1.79. The van der Waals surface area contributed by atoms with E-state index in [1.54, 1.807) is 14.1 Å². The van der Waals surface area contributed by atoms with Gasteiger partial charge >= 0.3 is 0 Å². The van der Waals surface area contributed by atoms with Crippen molar-refractivity contribution in [2.45, 2.75) is 25.2 Å². The number of likely N-dealkylation sites (tertiary alicyclic amines) is 1. The molecular weight excluding hydrogens is 380 g/mol. The van der Waals surface area contributed by atoms with Crippen molar-refractivity contribution in [3.05, 3.63) is 46.5 Å². The lowest BCUT2D eigenvalue weighted by atomic mass is 10.1. The minimum absolute atomic E-state index is 0.0880. The number of hydrogen-bond acceptors (Lipinski definition) is 4. The zero-order valence-electron chi connectivity index (χ0n) is 14.8. The van der Waals surface area contributed by atoms with Crippen molar-refractivity contribution < 1.29 is 18.4 Å². The third kappa shape index (κ3) is 4.08. The van der Waals surface area contributed by atoms with Crippen molar-refractivity contribution in [2.24, 2.45) is 0 Å². The first-order valence-electron chi connectivity index (χ1n) is 8.28. The van der Waals surface area contributed by atoms with Crippen molar-refractivity contribution in [3.63, 3.8) is 0 Å². The van der Waals surface area contributed by atoms with Crippen LogP contribution in [0.2, 0.25) is 5.02 Å². The van der Waals surface area contributed by atoms with E-state index >= 15 is 0 Å². The second-order valence-electron chi connectivity index (χ2n) is 6.59. The minimum atomic E-state index is -1.23. The summed E-state index contributed by atoms with van der Waals surface area (Å²) in [6.07, 6.45) is 0.300. The molecule has 1 aromatic heterocycles. The average Bonchev–Trinajstić information content (AvgIpc) is 3.22. The predicted molar refractivity (Wildman–Crippen MR) is 93.8 cm³/mol. The Morgan fingerprint density at radius 2 is 2.11 bits per heavy atom. The maximum absolute atomic E-state index is 14.0. The van der Waals surface area contributed by atoms with Crippen LogP contribution in [-0.4, -0.2) is 69.5 Å². The number of alkyl halides is 1. The van der Waals surface area contributed by atoms with E-state index in [1.807, 2.05) is 0 Å². The minimum Gasteiger partial charge on any atom is -0.343 e. The summed E-state index contributed by atoms with van der Waals surface area (Å²) in [4.78, 5) is 27.3. The van der Waals surface area contributed by atoms with E-state index in [9.17, 15) is 18.4 Å². The summed E-state index contributed by atoms with van der Waals surface area (Å²) >= 11 is 5.85. The normalized spacial score (nSPS) is 19.4. The lowest BCUT2D eigenvalue weighted by Gasteiger charge is -2.24. The van der Waals surface area contributed by atoms with Gasteiger partial charge in [-0.1, -0.05) is 16.8 Å². The van der Waals surface area contributed by atoms with Crippen LogP contribution in [0.5, 0.6) is 0 Å². The van der Waals surface area contributed by atoms with E-state index < -0.39 is 23.9 Å². The smallest absolute Gasteiger partial charge is 0.275 e. The summed E-state index contributed by atoms with van der Waals surface area (Å²) in [5.41, 5.74) is -0.0581. The molecule has 27 heavy (non-hydrogen) atoms. The van der Waals surface area contributed by atoms with Gasteiger partial charge in [0.1, 0.15) is 12.0 Å². The largest absolute Gasteiger partial charge is 0.343 e. The number of hydrogen-bond donors (Lipinski definition) is 0. The summed E-state index contributed by atoms with van der Waals surface area (Å²) in [7, 11) is 3.18. The first kappa shape index (κ1) is 19.2. The van der Waals surface area contributed by atoms with Gasteiger partial charge < -0.3 is 9.80 Å². The molecule has 1 aromatic carbocycles. The lowest BCUT2D eigenvalue weighted by molar-refractivity contribution is 0.0709. The van der Waals surface area contributed by atoms with Gasteiger partial charge in [-0.05, 0) is 18.2 Å². The van der Waals surface area contributed by atoms with Crippen molar-refractivity contribution in [1.29, 1.82) is 0 Å². The van der Waals surface area contributed by atoms with E-state index in [-0.39, 0.29) is 41.7 Å². The van der Waals surface area contributed by atoms with Crippen LogP contribution in [-0.2, 0) is 6.54 Å².